The highest BCUT2D eigenvalue weighted by Crippen LogP contribution is 2.32. The van der Waals surface area contributed by atoms with Crippen LogP contribution in [-0.4, -0.2) is 41.1 Å². The van der Waals surface area contributed by atoms with Crippen LogP contribution in [0.25, 0.3) is 0 Å². The highest BCUT2D eigenvalue weighted by atomic mass is 16.5. The third-order valence-electron chi connectivity index (χ3n) is 4.55. The van der Waals surface area contributed by atoms with Gasteiger partial charge < -0.3 is 9.72 Å². The molecule has 1 aliphatic heterocycles. The molecule has 1 N–H and O–H groups in total. The average Bonchev–Trinajstić information content (AvgIpc) is 3.01. The maximum absolute atomic E-state index is 12.0. The maximum Gasteiger partial charge on any atom is 0.251 e. The van der Waals surface area contributed by atoms with Crippen molar-refractivity contribution in [3.05, 3.63) is 27.9 Å². The number of aromatic amines is 1. The highest BCUT2D eigenvalue weighted by Gasteiger charge is 2.25. The van der Waals surface area contributed by atoms with Crippen LogP contribution in [0, 0.1) is 0 Å². The number of nitrogens with zero attached hydrogens (tertiary/aromatic N) is 2. The molecular formula is C16H25N3O2. The van der Waals surface area contributed by atoms with Crippen molar-refractivity contribution >= 4 is 0 Å². The molecule has 0 radical (unpaired) electrons. The molecule has 5 nitrogen and oxygen atoms in total. The van der Waals surface area contributed by atoms with E-state index in [0.717, 1.165) is 44.6 Å². The van der Waals surface area contributed by atoms with E-state index in [-0.39, 0.29) is 11.7 Å². The van der Waals surface area contributed by atoms with Crippen LogP contribution in [0.15, 0.2) is 10.9 Å². The predicted octanol–water partition coefficient (Wildman–Crippen LogP) is 2.21. The van der Waals surface area contributed by atoms with Crippen LogP contribution >= 0.6 is 0 Å². The lowest BCUT2D eigenvalue weighted by Crippen LogP contribution is -2.39. The molecular weight excluding hydrogens is 266 g/mol. The molecule has 2 heterocycles. The lowest BCUT2D eigenvalue weighted by Gasteiger charge is -2.32. The lowest BCUT2D eigenvalue weighted by atomic mass is 10.0. The van der Waals surface area contributed by atoms with Gasteiger partial charge in [0.05, 0.1) is 12.3 Å². The SMILES string of the molecule is CCCN1CCOC(c2nc(C3CCCC3)cc(=O)[nH]2)C1. The van der Waals surface area contributed by atoms with Gasteiger partial charge in [0.2, 0.25) is 0 Å². The van der Waals surface area contributed by atoms with Crippen LogP contribution in [0.3, 0.4) is 0 Å². The van der Waals surface area contributed by atoms with Crippen LogP contribution < -0.4 is 5.56 Å². The van der Waals surface area contributed by atoms with E-state index in [1.807, 2.05) is 0 Å². The molecule has 1 aromatic rings. The summed E-state index contributed by atoms with van der Waals surface area (Å²) in [5.74, 6) is 1.17. The highest BCUT2D eigenvalue weighted by molar-refractivity contribution is 5.11. The van der Waals surface area contributed by atoms with Crippen molar-refractivity contribution < 1.29 is 4.74 Å². The second kappa shape index (κ2) is 6.71. The predicted molar refractivity (Wildman–Crippen MR) is 81.5 cm³/mol. The fourth-order valence-corrected chi connectivity index (χ4v) is 3.47. The number of rotatable bonds is 4. The first-order chi connectivity index (χ1) is 10.3. The van der Waals surface area contributed by atoms with Crippen LogP contribution in [0.4, 0.5) is 0 Å². The Labute approximate surface area is 125 Å². The summed E-state index contributed by atoms with van der Waals surface area (Å²) in [5, 5.41) is 0. The third kappa shape index (κ3) is 3.52. The Hall–Kier alpha value is -1.20. The van der Waals surface area contributed by atoms with Gasteiger partial charge in [0.1, 0.15) is 11.9 Å². The summed E-state index contributed by atoms with van der Waals surface area (Å²) in [4.78, 5) is 22.0. The minimum absolute atomic E-state index is 0.0434. The summed E-state index contributed by atoms with van der Waals surface area (Å²) in [6.07, 6.45) is 5.85. The number of H-pyrrole nitrogens is 1. The van der Waals surface area contributed by atoms with E-state index in [1.165, 1.54) is 12.8 Å². The zero-order valence-corrected chi connectivity index (χ0v) is 12.8. The third-order valence-corrected chi connectivity index (χ3v) is 4.55. The number of morpholine rings is 1. The van der Waals surface area contributed by atoms with Crippen molar-refractivity contribution in [3.63, 3.8) is 0 Å². The molecule has 1 aliphatic carbocycles. The molecule has 1 atom stereocenters. The van der Waals surface area contributed by atoms with Crippen LogP contribution in [0.1, 0.15) is 62.6 Å². The molecule has 1 unspecified atom stereocenters. The lowest BCUT2D eigenvalue weighted by molar-refractivity contribution is -0.0344. The quantitative estimate of drug-likeness (QED) is 0.924. The fourth-order valence-electron chi connectivity index (χ4n) is 3.47. The normalized spacial score (nSPS) is 24.5. The van der Waals surface area contributed by atoms with E-state index in [1.54, 1.807) is 6.07 Å². The van der Waals surface area contributed by atoms with Gasteiger partial charge in [-0.15, -0.1) is 0 Å². The summed E-state index contributed by atoms with van der Waals surface area (Å²) in [7, 11) is 0. The summed E-state index contributed by atoms with van der Waals surface area (Å²) < 4.78 is 5.84. The van der Waals surface area contributed by atoms with Crippen LogP contribution in [0.2, 0.25) is 0 Å². The Balaban J connectivity index is 1.79. The van der Waals surface area contributed by atoms with Gasteiger partial charge in [0, 0.05) is 25.1 Å². The molecule has 1 saturated heterocycles. The van der Waals surface area contributed by atoms with Crippen molar-refractivity contribution in [2.24, 2.45) is 0 Å². The summed E-state index contributed by atoms with van der Waals surface area (Å²) in [5.41, 5.74) is 0.917. The Morgan fingerprint density at radius 2 is 2.24 bits per heavy atom. The molecule has 0 aromatic carbocycles. The standard InChI is InChI=1S/C16H25N3O2/c1-2-7-19-8-9-21-14(11-19)16-17-13(10-15(20)18-16)12-5-3-4-6-12/h10,12,14H,2-9,11H2,1H3,(H,17,18,20). The van der Waals surface area contributed by atoms with Crippen LogP contribution in [-0.2, 0) is 4.74 Å². The molecule has 1 saturated carbocycles. The topological polar surface area (TPSA) is 58.2 Å². The van der Waals surface area contributed by atoms with Gasteiger partial charge in [0.25, 0.3) is 5.56 Å². The molecule has 0 spiro atoms. The minimum Gasteiger partial charge on any atom is -0.368 e. The maximum atomic E-state index is 12.0. The molecule has 116 valence electrons. The molecule has 0 bridgehead atoms. The van der Waals surface area contributed by atoms with Gasteiger partial charge in [-0.3, -0.25) is 9.69 Å². The van der Waals surface area contributed by atoms with E-state index in [4.69, 9.17) is 9.72 Å². The van der Waals surface area contributed by atoms with Gasteiger partial charge in [-0.25, -0.2) is 4.98 Å². The molecule has 2 aliphatic rings. The Morgan fingerprint density at radius 1 is 1.43 bits per heavy atom. The summed E-state index contributed by atoms with van der Waals surface area (Å²) in [6, 6.07) is 1.67. The second-order valence-electron chi connectivity index (χ2n) is 6.20. The minimum atomic E-state index is -0.0978. The molecule has 21 heavy (non-hydrogen) atoms. The fraction of sp³-hybridized carbons (Fsp3) is 0.750. The monoisotopic (exact) mass is 291 g/mol. The Bertz CT molecular complexity index is 520. The van der Waals surface area contributed by atoms with E-state index in [0.29, 0.717) is 18.3 Å². The zero-order chi connectivity index (χ0) is 14.7. The molecule has 0 amide bonds. The number of ether oxygens (including phenoxy) is 1. The largest absolute Gasteiger partial charge is 0.368 e. The number of hydrogen-bond donors (Lipinski definition) is 1. The van der Waals surface area contributed by atoms with Crippen LogP contribution in [0.5, 0.6) is 0 Å². The van der Waals surface area contributed by atoms with Crippen molar-refractivity contribution in [1.82, 2.24) is 14.9 Å². The van der Waals surface area contributed by atoms with Crippen molar-refractivity contribution in [1.29, 1.82) is 0 Å². The summed E-state index contributed by atoms with van der Waals surface area (Å²) in [6.45, 7) is 5.77. The average molecular weight is 291 g/mol. The zero-order valence-electron chi connectivity index (χ0n) is 12.8. The molecule has 2 fully saturated rings. The smallest absolute Gasteiger partial charge is 0.251 e. The van der Waals surface area contributed by atoms with E-state index < -0.39 is 0 Å². The second-order valence-corrected chi connectivity index (χ2v) is 6.20. The van der Waals surface area contributed by atoms with Gasteiger partial charge in [-0.05, 0) is 25.8 Å². The first-order valence-electron chi connectivity index (χ1n) is 8.21. The summed E-state index contributed by atoms with van der Waals surface area (Å²) >= 11 is 0. The molecule has 1 aromatic heterocycles. The van der Waals surface area contributed by atoms with Gasteiger partial charge in [0.15, 0.2) is 0 Å². The van der Waals surface area contributed by atoms with Gasteiger partial charge >= 0.3 is 0 Å². The van der Waals surface area contributed by atoms with Gasteiger partial charge in [-0.1, -0.05) is 19.8 Å². The van der Waals surface area contributed by atoms with E-state index in [2.05, 4.69) is 16.8 Å². The number of hydrogen-bond acceptors (Lipinski definition) is 4. The van der Waals surface area contributed by atoms with Crippen molar-refractivity contribution in [2.45, 2.75) is 51.0 Å². The number of aromatic nitrogens is 2. The number of nitrogens with one attached hydrogen (secondary N) is 1. The van der Waals surface area contributed by atoms with E-state index >= 15 is 0 Å². The molecule has 3 rings (SSSR count). The van der Waals surface area contributed by atoms with Gasteiger partial charge in [-0.2, -0.15) is 0 Å². The van der Waals surface area contributed by atoms with Crippen molar-refractivity contribution in [2.75, 3.05) is 26.2 Å². The van der Waals surface area contributed by atoms with Crippen molar-refractivity contribution in [3.8, 4) is 0 Å². The Kier molecular flexibility index (Phi) is 4.70. The first-order valence-corrected chi connectivity index (χ1v) is 8.21. The Morgan fingerprint density at radius 3 is 3.00 bits per heavy atom. The van der Waals surface area contributed by atoms with E-state index in [9.17, 15) is 4.79 Å². The first kappa shape index (κ1) is 14.7. The molecule has 5 heteroatoms.